The fourth-order valence-electron chi connectivity index (χ4n) is 3.52. The van der Waals surface area contributed by atoms with Crippen LogP contribution < -0.4 is 10.5 Å². The van der Waals surface area contributed by atoms with Gasteiger partial charge >= 0.3 is 6.18 Å². The molecule has 3 nitrogen and oxygen atoms in total. The first kappa shape index (κ1) is 19.6. The van der Waals surface area contributed by atoms with Gasteiger partial charge in [-0.1, -0.05) is 27.7 Å². The summed E-state index contributed by atoms with van der Waals surface area (Å²) in [4.78, 5) is 0. The van der Waals surface area contributed by atoms with E-state index in [1.807, 2.05) is 27.7 Å². The maximum absolute atomic E-state index is 13.0. The lowest BCUT2D eigenvalue weighted by Gasteiger charge is -2.61. The molecular formula is C16H20ClF3N2O. The van der Waals surface area contributed by atoms with Crippen LogP contribution in [0.3, 0.4) is 0 Å². The third-order valence-corrected chi connectivity index (χ3v) is 4.63. The van der Waals surface area contributed by atoms with E-state index in [2.05, 4.69) is 0 Å². The normalized spacial score (nSPS) is 24.8. The Morgan fingerprint density at radius 2 is 1.70 bits per heavy atom. The molecule has 23 heavy (non-hydrogen) atoms. The molecule has 2 rings (SSSR count). The van der Waals surface area contributed by atoms with E-state index in [4.69, 9.17) is 15.7 Å². The van der Waals surface area contributed by atoms with Crippen LogP contribution in [-0.4, -0.2) is 12.1 Å². The molecular weight excluding hydrogens is 329 g/mol. The smallest absolute Gasteiger partial charge is 0.417 e. The molecule has 0 aromatic heterocycles. The largest absolute Gasteiger partial charge is 0.489 e. The number of rotatable bonds is 2. The highest BCUT2D eigenvalue weighted by atomic mass is 35.5. The minimum atomic E-state index is -4.59. The molecule has 1 fully saturated rings. The highest BCUT2D eigenvalue weighted by Gasteiger charge is 2.61. The Morgan fingerprint density at radius 3 is 2.13 bits per heavy atom. The Hall–Kier alpha value is -1.45. The Bertz CT molecular complexity index is 619. The highest BCUT2D eigenvalue weighted by molar-refractivity contribution is 5.85. The van der Waals surface area contributed by atoms with Gasteiger partial charge in [0.15, 0.2) is 0 Å². The zero-order valence-electron chi connectivity index (χ0n) is 13.4. The fourth-order valence-corrected chi connectivity index (χ4v) is 3.52. The van der Waals surface area contributed by atoms with Gasteiger partial charge in [0.1, 0.15) is 11.9 Å². The monoisotopic (exact) mass is 348 g/mol. The second-order valence-electron chi connectivity index (χ2n) is 6.94. The molecule has 1 saturated carbocycles. The van der Waals surface area contributed by atoms with Crippen molar-refractivity contribution in [3.8, 4) is 11.8 Å². The van der Waals surface area contributed by atoms with Crippen LogP contribution in [0.25, 0.3) is 0 Å². The molecule has 2 N–H and O–H groups in total. The van der Waals surface area contributed by atoms with Crippen LogP contribution in [0.5, 0.6) is 5.75 Å². The molecule has 0 amide bonds. The predicted molar refractivity (Wildman–Crippen MR) is 83.4 cm³/mol. The number of halogens is 4. The minimum absolute atomic E-state index is 0. The van der Waals surface area contributed by atoms with Gasteiger partial charge in [0.05, 0.1) is 17.2 Å². The van der Waals surface area contributed by atoms with E-state index in [0.29, 0.717) is 0 Å². The van der Waals surface area contributed by atoms with Crippen LogP contribution in [0.1, 0.15) is 38.8 Å². The summed E-state index contributed by atoms with van der Waals surface area (Å²) in [5.74, 6) is 0.101. The quantitative estimate of drug-likeness (QED) is 0.873. The summed E-state index contributed by atoms with van der Waals surface area (Å²) in [6, 6.07) is 4.86. The predicted octanol–water partition coefficient (Wildman–Crippen LogP) is 4.14. The van der Waals surface area contributed by atoms with Crippen molar-refractivity contribution in [2.24, 2.45) is 16.6 Å². The van der Waals surface area contributed by atoms with Crippen molar-refractivity contribution >= 4 is 12.4 Å². The number of hydrogen-bond acceptors (Lipinski definition) is 3. The molecule has 0 aliphatic heterocycles. The highest BCUT2D eigenvalue weighted by Crippen LogP contribution is 2.54. The fraction of sp³-hybridized carbons (Fsp3) is 0.562. The summed E-state index contributed by atoms with van der Waals surface area (Å²) in [6.07, 6.45) is -4.89. The number of alkyl halides is 3. The number of nitrogens with zero attached hydrogens (tertiary/aromatic N) is 1. The van der Waals surface area contributed by atoms with Gasteiger partial charge in [-0.25, -0.2) is 0 Å². The lowest BCUT2D eigenvalue weighted by Crippen LogP contribution is -2.72. The lowest BCUT2D eigenvalue weighted by molar-refractivity contribution is -0.156. The van der Waals surface area contributed by atoms with Crippen LogP contribution in [0, 0.1) is 22.2 Å². The third-order valence-electron chi connectivity index (χ3n) is 4.63. The minimum Gasteiger partial charge on any atom is -0.489 e. The summed E-state index contributed by atoms with van der Waals surface area (Å²) in [7, 11) is 0. The van der Waals surface area contributed by atoms with Crippen molar-refractivity contribution in [1.29, 1.82) is 5.26 Å². The van der Waals surface area contributed by atoms with E-state index in [0.717, 1.165) is 12.1 Å². The van der Waals surface area contributed by atoms with E-state index in [9.17, 15) is 13.2 Å². The maximum atomic E-state index is 13.0. The third kappa shape index (κ3) is 3.13. The number of nitrogens with two attached hydrogens (primary N) is 1. The zero-order chi connectivity index (χ0) is 16.9. The van der Waals surface area contributed by atoms with Crippen LogP contribution in [-0.2, 0) is 6.18 Å². The topological polar surface area (TPSA) is 59.0 Å². The molecule has 1 aromatic carbocycles. The molecule has 0 spiro atoms. The zero-order valence-corrected chi connectivity index (χ0v) is 14.2. The van der Waals surface area contributed by atoms with Gasteiger partial charge in [-0.2, -0.15) is 18.4 Å². The van der Waals surface area contributed by atoms with Crippen LogP contribution in [0.4, 0.5) is 13.2 Å². The first-order chi connectivity index (χ1) is 9.92. The van der Waals surface area contributed by atoms with Gasteiger partial charge in [0.25, 0.3) is 0 Å². The Balaban J connectivity index is 0.00000264. The molecule has 0 atom stereocenters. The Kier molecular flexibility index (Phi) is 5.01. The number of hydrogen-bond donors (Lipinski definition) is 1. The van der Waals surface area contributed by atoms with Gasteiger partial charge in [0, 0.05) is 16.9 Å². The molecule has 0 bridgehead atoms. The summed E-state index contributed by atoms with van der Waals surface area (Å²) in [5.41, 5.74) is 4.05. The molecule has 0 saturated heterocycles. The molecule has 0 heterocycles. The second kappa shape index (κ2) is 5.88. The molecule has 1 aliphatic carbocycles. The van der Waals surface area contributed by atoms with E-state index in [-0.39, 0.29) is 41.1 Å². The summed E-state index contributed by atoms with van der Waals surface area (Å²) < 4.78 is 44.8. The maximum Gasteiger partial charge on any atom is 0.417 e. The van der Waals surface area contributed by atoms with E-state index in [1.165, 1.54) is 6.07 Å². The van der Waals surface area contributed by atoms with Crippen LogP contribution in [0.15, 0.2) is 18.2 Å². The SMILES string of the molecule is CC1(C)[C@H](N)C(C)(C)[C@H]1Oc1ccc(C#N)c(C(F)(F)F)c1.Cl. The second-order valence-corrected chi connectivity index (χ2v) is 6.94. The summed E-state index contributed by atoms with van der Waals surface area (Å²) in [6.45, 7) is 7.73. The molecule has 0 radical (unpaired) electrons. The average Bonchev–Trinajstić information content (AvgIpc) is 2.42. The summed E-state index contributed by atoms with van der Waals surface area (Å²) in [5, 5.41) is 8.81. The first-order valence-electron chi connectivity index (χ1n) is 6.96. The van der Waals surface area contributed by atoms with Crippen molar-refractivity contribution in [1.82, 2.24) is 0 Å². The van der Waals surface area contributed by atoms with Crippen molar-refractivity contribution in [3.63, 3.8) is 0 Å². The molecule has 1 aromatic rings. The number of benzene rings is 1. The number of nitriles is 1. The Morgan fingerprint density at radius 1 is 1.17 bits per heavy atom. The summed E-state index contributed by atoms with van der Waals surface area (Å²) >= 11 is 0. The first-order valence-corrected chi connectivity index (χ1v) is 6.96. The van der Waals surface area contributed by atoms with Gasteiger partial charge in [0.2, 0.25) is 0 Å². The Labute approximate surface area is 140 Å². The lowest BCUT2D eigenvalue weighted by atomic mass is 9.50. The van der Waals surface area contributed by atoms with E-state index >= 15 is 0 Å². The van der Waals surface area contributed by atoms with Crippen molar-refractivity contribution in [2.75, 3.05) is 0 Å². The number of ether oxygens (including phenoxy) is 1. The van der Waals surface area contributed by atoms with Crippen molar-refractivity contribution in [2.45, 2.75) is 46.0 Å². The van der Waals surface area contributed by atoms with E-state index < -0.39 is 17.3 Å². The molecule has 1 aliphatic rings. The van der Waals surface area contributed by atoms with Crippen molar-refractivity contribution in [3.05, 3.63) is 29.3 Å². The van der Waals surface area contributed by atoms with Crippen LogP contribution >= 0.6 is 12.4 Å². The van der Waals surface area contributed by atoms with Gasteiger partial charge in [-0.05, 0) is 18.2 Å². The van der Waals surface area contributed by atoms with Gasteiger partial charge in [-0.3, -0.25) is 0 Å². The molecule has 128 valence electrons. The standard InChI is InChI=1S/C16H19F3N2O.ClH/c1-14(2)12(21)15(3,4)13(14)22-10-6-5-9(8-20)11(7-10)16(17,18)19;/h5-7,12-13H,21H2,1-4H3;1H/t12-,13-;. The molecule has 0 unspecified atom stereocenters. The van der Waals surface area contributed by atoms with Crippen molar-refractivity contribution < 1.29 is 17.9 Å². The van der Waals surface area contributed by atoms with E-state index in [1.54, 1.807) is 6.07 Å². The van der Waals surface area contributed by atoms with Crippen LogP contribution in [0.2, 0.25) is 0 Å². The van der Waals surface area contributed by atoms with Gasteiger partial charge in [-0.15, -0.1) is 12.4 Å². The average molecular weight is 349 g/mol. The molecule has 7 heteroatoms. The van der Waals surface area contributed by atoms with Gasteiger partial charge < -0.3 is 10.5 Å².